The number of nitrogens with one attached hydrogen (secondary N) is 1. The number of aromatic nitrogens is 1. The molecule has 0 atom stereocenters. The molecule has 3 rings (SSSR count). The van der Waals surface area contributed by atoms with Crippen molar-refractivity contribution in [2.75, 3.05) is 5.32 Å². The zero-order valence-electron chi connectivity index (χ0n) is 15.4. The average molecular weight is 387 g/mol. The van der Waals surface area contributed by atoms with E-state index in [-0.39, 0.29) is 24.2 Å². The van der Waals surface area contributed by atoms with E-state index >= 15 is 0 Å². The van der Waals surface area contributed by atoms with Gasteiger partial charge in [0.2, 0.25) is 5.91 Å². The van der Waals surface area contributed by atoms with E-state index in [4.69, 9.17) is 16.7 Å². The fraction of sp³-hybridized carbons (Fsp3) is 0.381. The smallest absolute Gasteiger partial charge is 0.303 e. The third kappa shape index (κ3) is 3.98. The number of benzene rings is 1. The molecule has 0 saturated heterocycles. The number of anilines is 1. The summed E-state index contributed by atoms with van der Waals surface area (Å²) >= 11 is 5.86. The lowest BCUT2D eigenvalue weighted by atomic mass is 9.56. The lowest BCUT2D eigenvalue weighted by Gasteiger charge is -2.47. The van der Waals surface area contributed by atoms with Gasteiger partial charge in [-0.1, -0.05) is 49.7 Å². The molecule has 6 heteroatoms. The minimum absolute atomic E-state index is 0.00774. The normalized spacial score (nSPS) is 21.6. The number of nitrogens with zero attached hydrogens (tertiary/aromatic N) is 1. The number of carbonyl (C=O) groups excluding carboxylic acids is 1. The van der Waals surface area contributed by atoms with E-state index in [1.807, 2.05) is 24.3 Å². The zero-order chi connectivity index (χ0) is 19.6. The van der Waals surface area contributed by atoms with Crippen LogP contribution in [0.4, 0.5) is 5.82 Å². The van der Waals surface area contributed by atoms with E-state index in [9.17, 15) is 9.59 Å². The van der Waals surface area contributed by atoms with Crippen LogP contribution in [0.15, 0.2) is 42.6 Å². The largest absolute Gasteiger partial charge is 0.481 e. The van der Waals surface area contributed by atoms with Crippen molar-refractivity contribution in [3.05, 3.63) is 58.7 Å². The predicted octanol–water partition coefficient (Wildman–Crippen LogP) is 4.62. The SMILES string of the molecule is CC(C)c1ccccc1C1(C(=O)Nc2ccc(Cl)cn2)CC(CC(=O)O)C1. The number of amides is 1. The Balaban J connectivity index is 1.93. The highest BCUT2D eigenvalue weighted by atomic mass is 35.5. The summed E-state index contributed by atoms with van der Waals surface area (Å²) in [5.74, 6) is -0.283. The summed E-state index contributed by atoms with van der Waals surface area (Å²) in [7, 11) is 0. The molecule has 5 nitrogen and oxygen atoms in total. The molecule has 2 aromatic rings. The standard InChI is InChI=1S/C21H23ClN2O3/c1-13(2)16-5-3-4-6-17(16)21(10-14(11-21)9-19(25)26)20(27)24-18-8-7-15(22)12-23-18/h3-8,12-14H,9-11H2,1-2H3,(H,25,26)(H,23,24,27). The Kier molecular flexibility index (Phi) is 5.51. The van der Waals surface area contributed by atoms with Crippen LogP contribution in [0.25, 0.3) is 0 Å². The van der Waals surface area contributed by atoms with Crippen LogP contribution in [0.1, 0.15) is 50.2 Å². The van der Waals surface area contributed by atoms with Gasteiger partial charge >= 0.3 is 5.97 Å². The van der Waals surface area contributed by atoms with Gasteiger partial charge in [0.1, 0.15) is 5.82 Å². The highest BCUT2D eigenvalue weighted by Gasteiger charge is 2.52. The number of hydrogen-bond acceptors (Lipinski definition) is 3. The molecule has 0 aliphatic heterocycles. The number of carbonyl (C=O) groups is 2. The summed E-state index contributed by atoms with van der Waals surface area (Å²) in [5.41, 5.74) is 1.36. The van der Waals surface area contributed by atoms with Crippen LogP contribution in [0.3, 0.4) is 0 Å². The Morgan fingerprint density at radius 2 is 1.96 bits per heavy atom. The summed E-state index contributed by atoms with van der Waals surface area (Å²) in [6.07, 6.45) is 2.60. The van der Waals surface area contributed by atoms with Crippen molar-refractivity contribution in [1.29, 1.82) is 0 Å². The van der Waals surface area contributed by atoms with Gasteiger partial charge in [-0.05, 0) is 47.9 Å². The summed E-state index contributed by atoms with van der Waals surface area (Å²) in [6, 6.07) is 11.3. The Bertz CT molecular complexity index is 843. The number of halogens is 1. The fourth-order valence-corrected chi connectivity index (χ4v) is 4.08. The lowest BCUT2D eigenvalue weighted by Crippen LogP contribution is -2.51. The molecule has 1 aromatic carbocycles. The van der Waals surface area contributed by atoms with Crippen molar-refractivity contribution < 1.29 is 14.7 Å². The Morgan fingerprint density at radius 3 is 2.56 bits per heavy atom. The van der Waals surface area contributed by atoms with Gasteiger partial charge in [-0.2, -0.15) is 0 Å². The lowest BCUT2D eigenvalue weighted by molar-refractivity contribution is -0.141. The van der Waals surface area contributed by atoms with Gasteiger partial charge in [0.15, 0.2) is 0 Å². The number of hydrogen-bond donors (Lipinski definition) is 2. The quantitative estimate of drug-likeness (QED) is 0.759. The van der Waals surface area contributed by atoms with Gasteiger partial charge in [0.05, 0.1) is 10.4 Å². The molecule has 0 spiro atoms. The average Bonchev–Trinajstić information content (AvgIpc) is 2.59. The molecule has 0 radical (unpaired) electrons. The molecule has 1 heterocycles. The van der Waals surface area contributed by atoms with Crippen LogP contribution >= 0.6 is 11.6 Å². The number of pyridine rings is 1. The third-order valence-corrected chi connectivity index (χ3v) is 5.46. The van der Waals surface area contributed by atoms with Crippen LogP contribution in [0.2, 0.25) is 5.02 Å². The maximum atomic E-state index is 13.3. The van der Waals surface area contributed by atoms with Crippen molar-refractivity contribution >= 4 is 29.3 Å². The molecule has 2 N–H and O–H groups in total. The van der Waals surface area contributed by atoms with Crippen LogP contribution < -0.4 is 5.32 Å². The monoisotopic (exact) mass is 386 g/mol. The van der Waals surface area contributed by atoms with Gasteiger partial charge in [-0.25, -0.2) is 4.98 Å². The topological polar surface area (TPSA) is 79.3 Å². The van der Waals surface area contributed by atoms with Crippen molar-refractivity contribution in [3.8, 4) is 0 Å². The summed E-state index contributed by atoms with van der Waals surface area (Å²) in [4.78, 5) is 28.5. The molecule has 0 unspecified atom stereocenters. The minimum Gasteiger partial charge on any atom is -0.481 e. The molecule has 1 saturated carbocycles. The van der Waals surface area contributed by atoms with Crippen LogP contribution in [0, 0.1) is 5.92 Å². The van der Waals surface area contributed by atoms with Gasteiger partial charge in [0, 0.05) is 12.6 Å². The second-order valence-corrected chi connectivity index (χ2v) is 7.95. The molecule has 1 fully saturated rings. The van der Waals surface area contributed by atoms with E-state index in [1.165, 1.54) is 6.20 Å². The van der Waals surface area contributed by atoms with Gasteiger partial charge in [0.25, 0.3) is 0 Å². The molecule has 27 heavy (non-hydrogen) atoms. The highest BCUT2D eigenvalue weighted by Crippen LogP contribution is 2.51. The first-order valence-electron chi connectivity index (χ1n) is 9.06. The summed E-state index contributed by atoms with van der Waals surface area (Å²) < 4.78 is 0. The first-order valence-corrected chi connectivity index (χ1v) is 9.44. The first kappa shape index (κ1) is 19.4. The Labute approximate surface area is 163 Å². The first-order chi connectivity index (χ1) is 12.8. The summed E-state index contributed by atoms with van der Waals surface area (Å²) in [6.45, 7) is 4.19. The molecule has 1 aliphatic carbocycles. The number of carboxylic acids is 1. The van der Waals surface area contributed by atoms with E-state index in [0.717, 1.165) is 11.1 Å². The molecular weight excluding hydrogens is 364 g/mol. The van der Waals surface area contributed by atoms with Crippen LogP contribution in [-0.4, -0.2) is 22.0 Å². The van der Waals surface area contributed by atoms with Crippen LogP contribution in [0.5, 0.6) is 0 Å². The Hall–Kier alpha value is -2.40. The van der Waals surface area contributed by atoms with Gasteiger partial charge < -0.3 is 10.4 Å². The van der Waals surface area contributed by atoms with Crippen molar-refractivity contribution in [3.63, 3.8) is 0 Å². The van der Waals surface area contributed by atoms with E-state index in [1.54, 1.807) is 12.1 Å². The van der Waals surface area contributed by atoms with Crippen LogP contribution in [-0.2, 0) is 15.0 Å². The maximum absolute atomic E-state index is 13.3. The second-order valence-electron chi connectivity index (χ2n) is 7.51. The second kappa shape index (κ2) is 7.69. The molecule has 1 amide bonds. The third-order valence-electron chi connectivity index (χ3n) is 5.24. The number of carboxylic acid groups (broad SMARTS) is 1. The highest BCUT2D eigenvalue weighted by molar-refractivity contribution is 6.30. The van der Waals surface area contributed by atoms with Crippen molar-refractivity contribution in [1.82, 2.24) is 4.98 Å². The molecule has 142 valence electrons. The van der Waals surface area contributed by atoms with E-state index in [2.05, 4.69) is 24.1 Å². The zero-order valence-corrected chi connectivity index (χ0v) is 16.2. The van der Waals surface area contributed by atoms with Gasteiger partial charge in [-0.3, -0.25) is 9.59 Å². The van der Waals surface area contributed by atoms with Crippen molar-refractivity contribution in [2.45, 2.75) is 44.4 Å². The Morgan fingerprint density at radius 1 is 1.26 bits per heavy atom. The fourth-order valence-electron chi connectivity index (χ4n) is 3.97. The van der Waals surface area contributed by atoms with Crippen molar-refractivity contribution in [2.24, 2.45) is 5.92 Å². The minimum atomic E-state index is -0.828. The number of aliphatic carboxylic acids is 1. The van der Waals surface area contributed by atoms with E-state index < -0.39 is 11.4 Å². The molecule has 0 bridgehead atoms. The molecule has 1 aromatic heterocycles. The molecular formula is C21H23ClN2O3. The number of rotatable bonds is 6. The molecule has 1 aliphatic rings. The maximum Gasteiger partial charge on any atom is 0.303 e. The van der Waals surface area contributed by atoms with E-state index in [0.29, 0.717) is 23.7 Å². The predicted molar refractivity (Wildman–Crippen MR) is 105 cm³/mol. The summed E-state index contributed by atoms with van der Waals surface area (Å²) in [5, 5.41) is 12.5. The van der Waals surface area contributed by atoms with Gasteiger partial charge in [-0.15, -0.1) is 0 Å².